The third kappa shape index (κ3) is 1.78. The van der Waals surface area contributed by atoms with Gasteiger partial charge in [-0.15, -0.1) is 0 Å². The van der Waals surface area contributed by atoms with Crippen molar-refractivity contribution in [3.63, 3.8) is 0 Å². The second-order valence-corrected chi connectivity index (χ2v) is 1.59. The first kappa shape index (κ1) is 7.21. The highest BCUT2D eigenvalue weighted by atomic mass is 16.5. The molecule has 46 valence electrons. The number of nitrogens with one attached hydrogen (secondary N) is 1. The second kappa shape index (κ2) is 3.24. The predicted octanol–water partition coefficient (Wildman–Crippen LogP) is 1.58. The van der Waals surface area contributed by atoms with Gasteiger partial charge in [0.25, 0.3) is 0 Å². The van der Waals surface area contributed by atoms with Crippen LogP contribution in [0.2, 0.25) is 0 Å². The van der Waals surface area contributed by atoms with Crippen LogP contribution in [0.3, 0.4) is 0 Å². The van der Waals surface area contributed by atoms with Crippen molar-refractivity contribution in [1.82, 2.24) is 0 Å². The molecule has 0 radical (unpaired) electrons. The summed E-state index contributed by atoms with van der Waals surface area (Å²) in [6.07, 6.45) is 1.28. The van der Waals surface area contributed by atoms with E-state index in [2.05, 4.69) is 0 Å². The van der Waals surface area contributed by atoms with Crippen molar-refractivity contribution in [1.29, 1.82) is 5.41 Å². The largest absolute Gasteiger partial charge is 0.501 e. The van der Waals surface area contributed by atoms with Crippen LogP contribution in [-0.4, -0.2) is 13.3 Å². The Labute approximate surface area is 49.7 Å². The molecule has 0 saturated carbocycles. The van der Waals surface area contributed by atoms with Crippen LogP contribution in [0.5, 0.6) is 0 Å². The van der Waals surface area contributed by atoms with Crippen LogP contribution < -0.4 is 0 Å². The molecule has 0 aliphatic carbocycles. The van der Waals surface area contributed by atoms with Crippen molar-refractivity contribution in [2.75, 3.05) is 7.11 Å². The maximum absolute atomic E-state index is 6.78. The van der Waals surface area contributed by atoms with Crippen molar-refractivity contribution in [2.45, 2.75) is 13.8 Å². The van der Waals surface area contributed by atoms with Crippen LogP contribution in [0.25, 0.3) is 0 Å². The molecule has 8 heavy (non-hydrogen) atoms. The summed E-state index contributed by atoms with van der Waals surface area (Å²) < 4.78 is 4.83. The summed E-state index contributed by atoms with van der Waals surface area (Å²) in [4.78, 5) is 0. The van der Waals surface area contributed by atoms with E-state index in [1.54, 1.807) is 7.11 Å². The molecule has 0 spiro atoms. The zero-order chi connectivity index (χ0) is 6.57. The van der Waals surface area contributed by atoms with Crippen molar-refractivity contribution < 1.29 is 4.74 Å². The standard InChI is InChI=1S/C6H11NO/c1-5(4-7)6(2)8-3/h4,7H,1-3H3. The lowest BCUT2D eigenvalue weighted by Gasteiger charge is -1.98. The Hall–Kier alpha value is -0.790. The Kier molecular flexibility index (Phi) is 2.92. The van der Waals surface area contributed by atoms with E-state index in [-0.39, 0.29) is 0 Å². The van der Waals surface area contributed by atoms with Crippen LogP contribution in [0.15, 0.2) is 11.3 Å². The molecule has 0 aromatic carbocycles. The minimum absolute atomic E-state index is 0.806. The Morgan fingerprint density at radius 3 is 2.12 bits per heavy atom. The van der Waals surface area contributed by atoms with Gasteiger partial charge in [0.05, 0.1) is 12.9 Å². The number of ether oxygens (including phenoxy) is 1. The maximum Gasteiger partial charge on any atom is 0.0968 e. The molecule has 0 aromatic heterocycles. The lowest BCUT2D eigenvalue weighted by Crippen LogP contribution is -1.85. The summed E-state index contributed by atoms with van der Waals surface area (Å²) in [7, 11) is 1.60. The van der Waals surface area contributed by atoms with E-state index in [1.807, 2.05) is 13.8 Å². The van der Waals surface area contributed by atoms with Gasteiger partial charge in [-0.3, -0.25) is 0 Å². The first-order chi connectivity index (χ1) is 3.72. The van der Waals surface area contributed by atoms with E-state index in [0.717, 1.165) is 11.3 Å². The van der Waals surface area contributed by atoms with Gasteiger partial charge < -0.3 is 10.1 Å². The number of rotatable bonds is 2. The van der Waals surface area contributed by atoms with Crippen molar-refractivity contribution in [3.05, 3.63) is 11.3 Å². The molecule has 0 aliphatic heterocycles. The van der Waals surface area contributed by atoms with Gasteiger partial charge in [-0.05, 0) is 13.8 Å². The van der Waals surface area contributed by atoms with Crippen molar-refractivity contribution in [2.24, 2.45) is 0 Å². The Morgan fingerprint density at radius 1 is 1.50 bits per heavy atom. The predicted molar refractivity (Wildman–Crippen MR) is 34.2 cm³/mol. The molecule has 2 heteroatoms. The monoisotopic (exact) mass is 113 g/mol. The van der Waals surface area contributed by atoms with Gasteiger partial charge in [0.1, 0.15) is 0 Å². The summed E-state index contributed by atoms with van der Waals surface area (Å²) in [5.41, 5.74) is 0.868. The zero-order valence-corrected chi connectivity index (χ0v) is 5.49. The van der Waals surface area contributed by atoms with E-state index in [1.165, 1.54) is 6.21 Å². The van der Waals surface area contributed by atoms with E-state index >= 15 is 0 Å². The third-order valence-corrected chi connectivity index (χ3v) is 1.08. The van der Waals surface area contributed by atoms with E-state index in [0.29, 0.717) is 0 Å². The molecule has 1 N–H and O–H groups in total. The third-order valence-electron chi connectivity index (χ3n) is 1.08. The van der Waals surface area contributed by atoms with Gasteiger partial charge in [-0.2, -0.15) is 0 Å². The summed E-state index contributed by atoms with van der Waals surface area (Å²) in [5, 5.41) is 6.78. The summed E-state index contributed by atoms with van der Waals surface area (Å²) >= 11 is 0. The fourth-order valence-corrected chi connectivity index (χ4v) is 0.263. The van der Waals surface area contributed by atoms with E-state index < -0.39 is 0 Å². The molecule has 0 rings (SSSR count). The fourth-order valence-electron chi connectivity index (χ4n) is 0.263. The highest BCUT2D eigenvalue weighted by molar-refractivity contribution is 5.75. The van der Waals surface area contributed by atoms with Crippen molar-refractivity contribution >= 4 is 6.21 Å². The van der Waals surface area contributed by atoms with Crippen LogP contribution in [-0.2, 0) is 4.74 Å². The molecular formula is C6H11NO. The number of methoxy groups -OCH3 is 1. The average molecular weight is 113 g/mol. The van der Waals surface area contributed by atoms with E-state index in [9.17, 15) is 0 Å². The molecule has 0 fully saturated rings. The van der Waals surface area contributed by atoms with Crippen LogP contribution in [0.4, 0.5) is 0 Å². The highest BCUT2D eigenvalue weighted by Gasteiger charge is 1.87. The van der Waals surface area contributed by atoms with Gasteiger partial charge in [-0.1, -0.05) is 0 Å². The zero-order valence-electron chi connectivity index (χ0n) is 5.49. The van der Waals surface area contributed by atoms with Gasteiger partial charge in [0.15, 0.2) is 0 Å². The van der Waals surface area contributed by atoms with Gasteiger partial charge >= 0.3 is 0 Å². The molecule has 0 atom stereocenters. The number of hydrogen-bond acceptors (Lipinski definition) is 2. The second-order valence-electron chi connectivity index (χ2n) is 1.59. The SMILES string of the molecule is COC(C)=C(C)C=N. The van der Waals surface area contributed by atoms with Crippen molar-refractivity contribution in [3.8, 4) is 0 Å². The van der Waals surface area contributed by atoms with Gasteiger partial charge in [0.2, 0.25) is 0 Å². The average Bonchev–Trinajstić information content (AvgIpc) is 1.84. The molecular weight excluding hydrogens is 102 g/mol. The summed E-state index contributed by atoms with van der Waals surface area (Å²) in [6.45, 7) is 3.67. The Morgan fingerprint density at radius 2 is 2.00 bits per heavy atom. The molecule has 2 nitrogen and oxygen atoms in total. The number of hydrogen-bond donors (Lipinski definition) is 1. The lowest BCUT2D eigenvalue weighted by atomic mass is 10.3. The van der Waals surface area contributed by atoms with Gasteiger partial charge in [-0.25, -0.2) is 0 Å². The van der Waals surface area contributed by atoms with Crippen LogP contribution in [0.1, 0.15) is 13.8 Å². The minimum atomic E-state index is 0.806. The molecule has 0 heterocycles. The first-order valence-electron chi connectivity index (χ1n) is 2.44. The minimum Gasteiger partial charge on any atom is -0.501 e. The molecule has 0 aromatic rings. The normalized spacial score (nSPS) is 12.4. The Balaban J connectivity index is 4.03. The van der Waals surface area contributed by atoms with E-state index in [4.69, 9.17) is 10.1 Å². The molecule has 0 unspecified atom stereocenters. The molecule has 0 aliphatic rings. The summed E-state index contributed by atoms with van der Waals surface area (Å²) in [6, 6.07) is 0. The van der Waals surface area contributed by atoms with Gasteiger partial charge in [0, 0.05) is 11.8 Å². The van der Waals surface area contributed by atoms with Crippen LogP contribution >= 0.6 is 0 Å². The topological polar surface area (TPSA) is 33.1 Å². The van der Waals surface area contributed by atoms with Crippen LogP contribution in [0, 0.1) is 5.41 Å². The Bertz CT molecular complexity index is 116. The quantitative estimate of drug-likeness (QED) is 0.428. The molecule has 0 amide bonds. The maximum atomic E-state index is 6.78. The molecule has 0 saturated heterocycles. The molecule has 0 bridgehead atoms. The summed E-state index contributed by atoms with van der Waals surface area (Å²) in [5.74, 6) is 0.806. The number of allylic oxidation sites excluding steroid dienone is 2. The first-order valence-corrected chi connectivity index (χ1v) is 2.44. The highest BCUT2D eigenvalue weighted by Crippen LogP contribution is 1.98. The smallest absolute Gasteiger partial charge is 0.0968 e. The fraction of sp³-hybridized carbons (Fsp3) is 0.500. The lowest BCUT2D eigenvalue weighted by molar-refractivity contribution is 0.291.